The minimum absolute atomic E-state index is 0.0300. The van der Waals surface area contributed by atoms with E-state index in [2.05, 4.69) is 10.1 Å². The Morgan fingerprint density at radius 3 is 2.94 bits per heavy atom. The summed E-state index contributed by atoms with van der Waals surface area (Å²) in [6, 6.07) is 9.73. The molecule has 0 saturated carbocycles. The van der Waals surface area contributed by atoms with E-state index >= 15 is 0 Å². The number of hydrogen-bond acceptors (Lipinski definition) is 2. The van der Waals surface area contributed by atoms with E-state index in [1.54, 1.807) is 10.9 Å². The SMILES string of the molecule is Cn1cc(Cc2cc3ccccc3[nH]c2=O)cn1. The van der Waals surface area contributed by atoms with Crippen LogP contribution in [0.3, 0.4) is 0 Å². The molecular weight excluding hydrogens is 226 g/mol. The molecule has 2 heterocycles. The van der Waals surface area contributed by atoms with Gasteiger partial charge in [0.15, 0.2) is 0 Å². The lowest BCUT2D eigenvalue weighted by atomic mass is 10.1. The zero-order chi connectivity index (χ0) is 12.5. The van der Waals surface area contributed by atoms with Crippen molar-refractivity contribution in [2.45, 2.75) is 6.42 Å². The van der Waals surface area contributed by atoms with Crippen LogP contribution in [0.2, 0.25) is 0 Å². The van der Waals surface area contributed by atoms with Gasteiger partial charge in [-0.15, -0.1) is 0 Å². The summed E-state index contributed by atoms with van der Waals surface area (Å²) in [4.78, 5) is 14.9. The Hall–Kier alpha value is -2.36. The predicted molar refractivity (Wildman–Crippen MR) is 70.6 cm³/mol. The van der Waals surface area contributed by atoms with Crippen LogP contribution in [-0.4, -0.2) is 14.8 Å². The zero-order valence-electron chi connectivity index (χ0n) is 10.1. The highest BCUT2D eigenvalue weighted by Crippen LogP contribution is 2.12. The van der Waals surface area contributed by atoms with Crippen LogP contribution in [-0.2, 0) is 13.5 Å². The molecule has 4 heteroatoms. The van der Waals surface area contributed by atoms with Crippen molar-refractivity contribution in [2.75, 3.05) is 0 Å². The molecule has 1 aromatic carbocycles. The van der Waals surface area contributed by atoms with Crippen LogP contribution in [0.4, 0.5) is 0 Å². The van der Waals surface area contributed by atoms with Crippen LogP contribution in [0.1, 0.15) is 11.1 Å². The molecule has 0 spiro atoms. The van der Waals surface area contributed by atoms with E-state index in [-0.39, 0.29) is 5.56 Å². The van der Waals surface area contributed by atoms with Crippen LogP contribution in [0.5, 0.6) is 0 Å². The second-order valence-electron chi connectivity index (χ2n) is 4.41. The van der Waals surface area contributed by atoms with E-state index in [0.29, 0.717) is 6.42 Å². The van der Waals surface area contributed by atoms with E-state index in [1.165, 1.54) is 0 Å². The lowest BCUT2D eigenvalue weighted by Crippen LogP contribution is -2.12. The number of rotatable bonds is 2. The van der Waals surface area contributed by atoms with Crippen molar-refractivity contribution in [3.8, 4) is 0 Å². The Morgan fingerprint density at radius 2 is 2.17 bits per heavy atom. The second kappa shape index (κ2) is 4.14. The Balaban J connectivity index is 2.06. The van der Waals surface area contributed by atoms with Gasteiger partial charge in [0.25, 0.3) is 5.56 Å². The van der Waals surface area contributed by atoms with Crippen molar-refractivity contribution in [1.29, 1.82) is 0 Å². The van der Waals surface area contributed by atoms with Crippen molar-refractivity contribution in [1.82, 2.24) is 14.8 Å². The Kier molecular flexibility index (Phi) is 2.48. The summed E-state index contributed by atoms with van der Waals surface area (Å²) in [5.74, 6) is 0. The van der Waals surface area contributed by atoms with E-state index in [9.17, 15) is 4.79 Å². The Labute approximate surface area is 104 Å². The number of benzene rings is 1. The third kappa shape index (κ3) is 1.93. The molecule has 0 atom stereocenters. The van der Waals surface area contributed by atoms with Gasteiger partial charge in [-0.3, -0.25) is 9.48 Å². The third-order valence-electron chi connectivity index (χ3n) is 2.98. The molecule has 90 valence electrons. The van der Waals surface area contributed by atoms with Gasteiger partial charge in [0, 0.05) is 30.7 Å². The van der Waals surface area contributed by atoms with Crippen LogP contribution in [0.15, 0.2) is 47.5 Å². The molecular formula is C14H13N3O. The highest BCUT2D eigenvalue weighted by atomic mass is 16.1. The average Bonchev–Trinajstić information content (AvgIpc) is 2.76. The summed E-state index contributed by atoms with van der Waals surface area (Å²) in [6.07, 6.45) is 4.32. The summed E-state index contributed by atoms with van der Waals surface area (Å²) in [5.41, 5.74) is 2.65. The van der Waals surface area contributed by atoms with Crippen LogP contribution in [0, 0.1) is 0 Å². The quantitative estimate of drug-likeness (QED) is 0.742. The molecule has 0 unspecified atom stereocenters. The van der Waals surface area contributed by atoms with Gasteiger partial charge >= 0.3 is 0 Å². The van der Waals surface area contributed by atoms with Gasteiger partial charge in [0.2, 0.25) is 0 Å². The van der Waals surface area contributed by atoms with Gasteiger partial charge in [-0.2, -0.15) is 5.10 Å². The number of nitrogens with one attached hydrogen (secondary N) is 1. The fourth-order valence-corrected chi connectivity index (χ4v) is 2.11. The van der Waals surface area contributed by atoms with Crippen molar-refractivity contribution in [3.05, 3.63) is 64.2 Å². The highest BCUT2D eigenvalue weighted by Gasteiger charge is 2.05. The van der Waals surface area contributed by atoms with Gasteiger partial charge in [-0.25, -0.2) is 0 Å². The lowest BCUT2D eigenvalue weighted by molar-refractivity contribution is 0.767. The molecule has 4 nitrogen and oxygen atoms in total. The first-order valence-electron chi connectivity index (χ1n) is 5.81. The number of hydrogen-bond donors (Lipinski definition) is 1. The first-order chi connectivity index (χ1) is 8.72. The van der Waals surface area contributed by atoms with Gasteiger partial charge in [-0.05, 0) is 23.1 Å². The van der Waals surface area contributed by atoms with Gasteiger partial charge in [-0.1, -0.05) is 18.2 Å². The summed E-state index contributed by atoms with van der Waals surface area (Å²) < 4.78 is 1.74. The maximum absolute atomic E-state index is 12.0. The van der Waals surface area contributed by atoms with E-state index < -0.39 is 0 Å². The summed E-state index contributed by atoms with van der Waals surface area (Å²) >= 11 is 0. The summed E-state index contributed by atoms with van der Waals surface area (Å²) in [7, 11) is 1.87. The van der Waals surface area contributed by atoms with Gasteiger partial charge in [0.05, 0.1) is 6.20 Å². The Morgan fingerprint density at radius 1 is 1.33 bits per heavy atom. The topological polar surface area (TPSA) is 50.7 Å². The zero-order valence-corrected chi connectivity index (χ0v) is 10.1. The third-order valence-corrected chi connectivity index (χ3v) is 2.98. The number of nitrogens with zero attached hydrogens (tertiary/aromatic N) is 2. The monoisotopic (exact) mass is 239 g/mol. The second-order valence-corrected chi connectivity index (χ2v) is 4.41. The molecule has 1 N–H and O–H groups in total. The number of fused-ring (bicyclic) bond motifs is 1. The lowest BCUT2D eigenvalue weighted by Gasteiger charge is -2.01. The number of aromatic amines is 1. The number of para-hydroxylation sites is 1. The maximum Gasteiger partial charge on any atom is 0.251 e. The van der Waals surface area contributed by atoms with Crippen molar-refractivity contribution < 1.29 is 0 Å². The van der Waals surface area contributed by atoms with E-state index in [0.717, 1.165) is 22.0 Å². The van der Waals surface area contributed by atoms with Crippen LogP contribution < -0.4 is 5.56 Å². The average molecular weight is 239 g/mol. The summed E-state index contributed by atoms with van der Waals surface area (Å²) in [6.45, 7) is 0. The minimum atomic E-state index is -0.0300. The number of aromatic nitrogens is 3. The molecule has 18 heavy (non-hydrogen) atoms. The largest absolute Gasteiger partial charge is 0.322 e. The van der Waals surface area contributed by atoms with Crippen molar-refractivity contribution in [2.24, 2.45) is 7.05 Å². The van der Waals surface area contributed by atoms with Crippen molar-refractivity contribution in [3.63, 3.8) is 0 Å². The fraction of sp³-hybridized carbons (Fsp3) is 0.143. The fourth-order valence-electron chi connectivity index (χ4n) is 2.11. The molecule has 0 fully saturated rings. The molecule has 0 saturated heterocycles. The highest BCUT2D eigenvalue weighted by molar-refractivity contribution is 5.78. The number of H-pyrrole nitrogens is 1. The summed E-state index contributed by atoms with van der Waals surface area (Å²) in [5, 5.41) is 5.16. The van der Waals surface area contributed by atoms with Gasteiger partial charge < -0.3 is 4.98 Å². The molecule has 0 bridgehead atoms. The maximum atomic E-state index is 12.0. The van der Waals surface area contributed by atoms with Crippen LogP contribution >= 0.6 is 0 Å². The normalized spacial score (nSPS) is 10.9. The molecule has 0 aliphatic carbocycles. The molecule has 0 radical (unpaired) electrons. The molecule has 0 aliphatic rings. The van der Waals surface area contributed by atoms with Crippen LogP contribution in [0.25, 0.3) is 10.9 Å². The van der Waals surface area contributed by atoms with E-state index in [4.69, 9.17) is 0 Å². The minimum Gasteiger partial charge on any atom is -0.322 e. The molecule has 2 aromatic heterocycles. The van der Waals surface area contributed by atoms with Crippen molar-refractivity contribution >= 4 is 10.9 Å². The number of aryl methyl sites for hydroxylation is 1. The van der Waals surface area contributed by atoms with E-state index in [1.807, 2.05) is 43.6 Å². The molecule has 0 amide bonds. The molecule has 0 aliphatic heterocycles. The first kappa shape index (κ1) is 10.8. The first-order valence-corrected chi connectivity index (χ1v) is 5.81. The Bertz CT molecular complexity index is 755. The molecule has 3 rings (SSSR count). The van der Waals surface area contributed by atoms with Gasteiger partial charge in [0.1, 0.15) is 0 Å². The predicted octanol–water partition coefficient (Wildman–Crippen LogP) is 1.85. The smallest absolute Gasteiger partial charge is 0.251 e. The standard InChI is InChI=1S/C14H13N3O/c1-17-9-10(8-15-17)6-12-7-11-4-2-3-5-13(11)16-14(12)18/h2-5,7-9H,6H2,1H3,(H,16,18). The molecule has 3 aromatic rings. The number of pyridine rings is 1.